The molecule has 1 rings (SSSR count). The van der Waals surface area contributed by atoms with E-state index in [9.17, 15) is 8.42 Å². The summed E-state index contributed by atoms with van der Waals surface area (Å²) >= 11 is 1.60. The standard InChI is InChI=1S/C13H17NO3S2/c1-14(9-11-18-2)19(16,17)13-7-5-12(6-8-13)4-3-10-15/h5-8,15H,9-11H2,1-2H3. The minimum atomic E-state index is -3.43. The first kappa shape index (κ1) is 16.1. The Morgan fingerprint density at radius 3 is 2.47 bits per heavy atom. The Hall–Kier alpha value is -1.00. The highest BCUT2D eigenvalue weighted by Gasteiger charge is 2.19. The Kier molecular flexibility index (Phi) is 6.38. The average molecular weight is 299 g/mol. The van der Waals surface area contributed by atoms with Crippen LogP contribution < -0.4 is 0 Å². The van der Waals surface area contributed by atoms with Gasteiger partial charge < -0.3 is 5.11 Å². The minimum absolute atomic E-state index is 0.211. The number of aliphatic hydroxyl groups is 1. The highest BCUT2D eigenvalue weighted by Crippen LogP contribution is 2.15. The Bertz CT molecular complexity index is 556. The lowest BCUT2D eigenvalue weighted by Crippen LogP contribution is -2.29. The van der Waals surface area contributed by atoms with E-state index in [0.29, 0.717) is 12.1 Å². The summed E-state index contributed by atoms with van der Waals surface area (Å²) in [7, 11) is -1.85. The van der Waals surface area contributed by atoms with E-state index in [-0.39, 0.29) is 11.5 Å². The maximum Gasteiger partial charge on any atom is 0.242 e. The van der Waals surface area contributed by atoms with Crippen molar-refractivity contribution in [3.8, 4) is 11.8 Å². The predicted molar refractivity (Wildman–Crippen MR) is 78.6 cm³/mol. The molecular weight excluding hydrogens is 282 g/mol. The van der Waals surface area contributed by atoms with E-state index in [1.165, 1.54) is 16.4 Å². The van der Waals surface area contributed by atoms with Crippen molar-refractivity contribution in [1.29, 1.82) is 0 Å². The molecule has 104 valence electrons. The molecule has 0 aliphatic rings. The van der Waals surface area contributed by atoms with Crippen LogP contribution in [0.3, 0.4) is 0 Å². The third kappa shape index (κ3) is 4.55. The number of rotatable bonds is 5. The number of nitrogens with zero attached hydrogens (tertiary/aromatic N) is 1. The first-order valence-electron chi connectivity index (χ1n) is 5.67. The van der Waals surface area contributed by atoms with Crippen LogP contribution >= 0.6 is 11.8 Å². The SMILES string of the molecule is CSCCN(C)S(=O)(=O)c1ccc(C#CCO)cc1. The third-order valence-electron chi connectivity index (χ3n) is 2.48. The minimum Gasteiger partial charge on any atom is -0.384 e. The van der Waals surface area contributed by atoms with E-state index in [1.54, 1.807) is 30.9 Å². The van der Waals surface area contributed by atoms with Crippen LogP contribution in [0.5, 0.6) is 0 Å². The van der Waals surface area contributed by atoms with Gasteiger partial charge in [0.15, 0.2) is 0 Å². The summed E-state index contributed by atoms with van der Waals surface area (Å²) in [5.41, 5.74) is 0.680. The molecule has 0 aromatic heterocycles. The van der Waals surface area contributed by atoms with Crippen molar-refractivity contribution in [3.05, 3.63) is 29.8 Å². The number of benzene rings is 1. The fourth-order valence-electron chi connectivity index (χ4n) is 1.37. The molecule has 4 nitrogen and oxygen atoms in total. The van der Waals surface area contributed by atoms with Gasteiger partial charge in [0, 0.05) is 24.9 Å². The van der Waals surface area contributed by atoms with Gasteiger partial charge >= 0.3 is 0 Å². The van der Waals surface area contributed by atoms with Gasteiger partial charge in [0.05, 0.1) is 4.90 Å². The molecule has 0 fully saturated rings. The molecule has 0 saturated carbocycles. The molecule has 0 unspecified atom stereocenters. The van der Waals surface area contributed by atoms with Gasteiger partial charge in [0.25, 0.3) is 0 Å². The van der Waals surface area contributed by atoms with Crippen LogP contribution in [-0.2, 0) is 10.0 Å². The molecule has 0 amide bonds. The van der Waals surface area contributed by atoms with Gasteiger partial charge in [-0.05, 0) is 30.5 Å². The maximum atomic E-state index is 12.2. The van der Waals surface area contributed by atoms with Crippen molar-refractivity contribution >= 4 is 21.8 Å². The van der Waals surface area contributed by atoms with Crippen molar-refractivity contribution in [2.24, 2.45) is 0 Å². The highest BCUT2D eigenvalue weighted by molar-refractivity contribution is 7.98. The molecule has 6 heteroatoms. The quantitative estimate of drug-likeness (QED) is 0.825. The Balaban J connectivity index is 2.90. The molecule has 1 aromatic rings. The number of hydrogen-bond donors (Lipinski definition) is 1. The lowest BCUT2D eigenvalue weighted by Gasteiger charge is -2.16. The monoisotopic (exact) mass is 299 g/mol. The maximum absolute atomic E-state index is 12.2. The van der Waals surface area contributed by atoms with Crippen molar-refractivity contribution in [1.82, 2.24) is 4.31 Å². The summed E-state index contributed by atoms with van der Waals surface area (Å²) in [6, 6.07) is 6.34. The Morgan fingerprint density at radius 2 is 1.95 bits per heavy atom. The van der Waals surface area contributed by atoms with E-state index in [2.05, 4.69) is 11.8 Å². The first-order valence-corrected chi connectivity index (χ1v) is 8.51. The molecule has 1 aromatic carbocycles. The molecule has 0 aliphatic heterocycles. The zero-order chi connectivity index (χ0) is 14.3. The third-order valence-corrected chi connectivity index (χ3v) is 4.95. The summed E-state index contributed by atoms with van der Waals surface area (Å²) in [6.45, 7) is 0.271. The zero-order valence-corrected chi connectivity index (χ0v) is 12.6. The van der Waals surface area contributed by atoms with Crippen molar-refractivity contribution in [2.45, 2.75) is 4.90 Å². The lowest BCUT2D eigenvalue weighted by atomic mass is 10.2. The van der Waals surface area contributed by atoms with Gasteiger partial charge in [0.2, 0.25) is 10.0 Å². The fraction of sp³-hybridized carbons (Fsp3) is 0.385. The molecule has 0 spiro atoms. The van der Waals surface area contributed by atoms with Crippen LogP contribution in [0.25, 0.3) is 0 Å². The summed E-state index contributed by atoms with van der Waals surface area (Å²) in [6.07, 6.45) is 1.94. The summed E-state index contributed by atoms with van der Waals surface area (Å²) in [5.74, 6) is 6.00. The first-order chi connectivity index (χ1) is 9.02. The van der Waals surface area contributed by atoms with Crippen LogP contribution in [0.2, 0.25) is 0 Å². The van der Waals surface area contributed by atoms with E-state index in [4.69, 9.17) is 5.11 Å². The van der Waals surface area contributed by atoms with Crippen molar-refractivity contribution in [3.63, 3.8) is 0 Å². The molecule has 0 saturated heterocycles. The topological polar surface area (TPSA) is 57.6 Å². The second kappa shape index (κ2) is 7.56. The molecule has 0 heterocycles. The highest BCUT2D eigenvalue weighted by atomic mass is 32.2. The van der Waals surface area contributed by atoms with Gasteiger partial charge in [-0.2, -0.15) is 11.8 Å². The lowest BCUT2D eigenvalue weighted by molar-refractivity contribution is 0.350. The summed E-state index contributed by atoms with van der Waals surface area (Å²) < 4.78 is 25.8. The molecular formula is C13H17NO3S2. The van der Waals surface area contributed by atoms with E-state index >= 15 is 0 Å². The zero-order valence-electron chi connectivity index (χ0n) is 11.0. The van der Waals surface area contributed by atoms with Crippen LogP contribution in [0.15, 0.2) is 29.2 Å². The van der Waals surface area contributed by atoms with Gasteiger partial charge in [-0.1, -0.05) is 11.8 Å². The summed E-state index contributed by atoms with van der Waals surface area (Å²) in [4.78, 5) is 0.255. The number of hydrogen-bond acceptors (Lipinski definition) is 4. The van der Waals surface area contributed by atoms with E-state index < -0.39 is 10.0 Å². The van der Waals surface area contributed by atoms with Crippen LogP contribution in [0, 0.1) is 11.8 Å². The number of sulfonamides is 1. The largest absolute Gasteiger partial charge is 0.384 e. The molecule has 0 radical (unpaired) electrons. The van der Waals surface area contributed by atoms with E-state index in [0.717, 1.165) is 5.75 Å². The Labute approximate surface area is 118 Å². The van der Waals surface area contributed by atoms with Crippen molar-refractivity contribution in [2.75, 3.05) is 32.2 Å². The molecule has 0 aliphatic carbocycles. The van der Waals surface area contributed by atoms with Crippen LogP contribution in [0.1, 0.15) is 5.56 Å². The molecule has 19 heavy (non-hydrogen) atoms. The number of aliphatic hydroxyl groups excluding tert-OH is 1. The molecule has 0 bridgehead atoms. The Morgan fingerprint density at radius 1 is 1.32 bits per heavy atom. The van der Waals surface area contributed by atoms with Gasteiger partial charge in [-0.25, -0.2) is 12.7 Å². The van der Waals surface area contributed by atoms with Gasteiger partial charge in [-0.3, -0.25) is 0 Å². The van der Waals surface area contributed by atoms with E-state index in [1.807, 2.05) is 6.26 Å². The van der Waals surface area contributed by atoms with Crippen LogP contribution in [0.4, 0.5) is 0 Å². The second-order valence-corrected chi connectivity index (χ2v) is 6.83. The summed E-state index contributed by atoms with van der Waals surface area (Å²) in [5, 5.41) is 8.59. The fourth-order valence-corrected chi connectivity index (χ4v) is 3.12. The van der Waals surface area contributed by atoms with Crippen LogP contribution in [-0.4, -0.2) is 50.0 Å². The number of thioether (sulfide) groups is 1. The predicted octanol–water partition coefficient (Wildman–Crippen LogP) is 1.01. The average Bonchev–Trinajstić information content (AvgIpc) is 2.42. The molecule has 1 N–H and O–H groups in total. The van der Waals surface area contributed by atoms with Gasteiger partial charge in [0.1, 0.15) is 6.61 Å². The van der Waals surface area contributed by atoms with Crippen molar-refractivity contribution < 1.29 is 13.5 Å². The second-order valence-electron chi connectivity index (χ2n) is 3.80. The smallest absolute Gasteiger partial charge is 0.242 e. The molecule has 0 atom stereocenters. The van der Waals surface area contributed by atoms with Gasteiger partial charge in [-0.15, -0.1) is 0 Å². The normalized spacial score (nSPS) is 11.2.